The number of fused-ring (bicyclic) bond motifs is 3. The third-order valence-electron chi connectivity index (χ3n) is 3.34. The van der Waals surface area contributed by atoms with E-state index in [0.717, 1.165) is 5.52 Å². The number of aromatic amines is 1. The van der Waals surface area contributed by atoms with Crippen LogP contribution >= 0.6 is 0 Å². The molecule has 0 aliphatic rings. The first-order valence-corrected chi connectivity index (χ1v) is 6.86. The van der Waals surface area contributed by atoms with Gasteiger partial charge in [0.15, 0.2) is 0 Å². The minimum Gasteiger partial charge on any atom is -0.353 e. The first-order valence-electron chi connectivity index (χ1n) is 6.86. The Kier molecular flexibility index (Phi) is 3.79. The number of rotatable bonds is 1. The number of H-pyrrole nitrogens is 1. The van der Waals surface area contributed by atoms with Gasteiger partial charge < -0.3 is 4.98 Å². The van der Waals surface area contributed by atoms with Crippen molar-refractivity contribution in [1.82, 2.24) is 9.97 Å². The van der Waals surface area contributed by atoms with E-state index in [2.05, 4.69) is 34.7 Å². The summed E-state index contributed by atoms with van der Waals surface area (Å²) in [5, 5.41) is 2.51. The van der Waals surface area contributed by atoms with E-state index in [1.165, 1.54) is 21.9 Å². The normalized spacial score (nSPS) is 10.1. The summed E-state index contributed by atoms with van der Waals surface area (Å²) >= 11 is 0. The highest BCUT2D eigenvalue weighted by molar-refractivity contribution is 6.06. The second-order valence-electron chi connectivity index (χ2n) is 4.71. The van der Waals surface area contributed by atoms with E-state index < -0.39 is 0 Å². The summed E-state index contributed by atoms with van der Waals surface area (Å²) in [5.41, 5.74) is 3.45. The largest absolute Gasteiger partial charge is 0.353 e. The summed E-state index contributed by atoms with van der Waals surface area (Å²) in [6.07, 6.45) is 5.51. The van der Waals surface area contributed by atoms with Gasteiger partial charge in [-0.05, 0) is 17.7 Å². The smallest absolute Gasteiger partial charge is 0.0651 e. The van der Waals surface area contributed by atoms with Crippen LogP contribution in [0.2, 0.25) is 0 Å². The molecule has 2 aromatic carbocycles. The Bertz CT molecular complexity index is 810. The maximum absolute atomic E-state index is 4.08. The molecule has 4 rings (SSSR count). The summed E-state index contributed by atoms with van der Waals surface area (Å²) in [4.78, 5) is 7.39. The highest BCUT2D eigenvalue weighted by Gasteiger charge is 2.00. The molecular formula is C19H16N2. The first kappa shape index (κ1) is 13.1. The maximum atomic E-state index is 4.08. The fraction of sp³-hybridized carbons (Fsp3) is 0. The molecule has 0 spiro atoms. The van der Waals surface area contributed by atoms with Crippen LogP contribution in [-0.2, 0) is 0 Å². The van der Waals surface area contributed by atoms with Crippen LogP contribution in [0, 0.1) is 0 Å². The molecule has 0 aliphatic heterocycles. The first-order chi connectivity index (χ1) is 10.4. The van der Waals surface area contributed by atoms with Crippen molar-refractivity contribution in [1.29, 1.82) is 0 Å². The molecule has 0 unspecified atom stereocenters. The van der Waals surface area contributed by atoms with E-state index in [1.807, 2.05) is 60.9 Å². The third-order valence-corrected chi connectivity index (χ3v) is 3.34. The number of aromatic nitrogens is 2. The Hall–Kier alpha value is -2.87. The van der Waals surface area contributed by atoms with Crippen molar-refractivity contribution < 1.29 is 0 Å². The molecule has 21 heavy (non-hydrogen) atoms. The molecule has 0 atom stereocenters. The molecule has 2 aromatic heterocycles. The van der Waals surface area contributed by atoms with E-state index in [-0.39, 0.29) is 0 Å². The second kappa shape index (κ2) is 6.06. The highest BCUT2D eigenvalue weighted by atomic mass is 14.7. The molecular weight excluding hydrogens is 256 g/mol. The van der Waals surface area contributed by atoms with Gasteiger partial charge in [0, 0.05) is 22.5 Å². The average Bonchev–Trinajstić information content (AvgIpc) is 2.95. The Labute approximate surface area is 123 Å². The zero-order valence-electron chi connectivity index (χ0n) is 11.7. The molecule has 2 heteroatoms. The molecule has 2 heterocycles. The minimum atomic E-state index is 1.10. The SMILES string of the molecule is C=Cc1ccccc1.c1ccc2c(c1)[nH]c1cnccc12. The van der Waals surface area contributed by atoms with Crippen LogP contribution in [0.4, 0.5) is 0 Å². The van der Waals surface area contributed by atoms with Gasteiger partial charge in [-0.2, -0.15) is 0 Å². The van der Waals surface area contributed by atoms with Crippen LogP contribution in [-0.4, -0.2) is 9.97 Å². The fourth-order valence-corrected chi connectivity index (χ4v) is 2.29. The van der Waals surface area contributed by atoms with Gasteiger partial charge in [-0.1, -0.05) is 61.2 Å². The number of nitrogens with one attached hydrogen (secondary N) is 1. The number of para-hydroxylation sites is 1. The lowest BCUT2D eigenvalue weighted by Gasteiger charge is -1.87. The summed E-state index contributed by atoms with van der Waals surface area (Å²) in [6.45, 7) is 3.63. The summed E-state index contributed by atoms with van der Waals surface area (Å²) in [7, 11) is 0. The molecule has 0 saturated heterocycles. The van der Waals surface area contributed by atoms with Gasteiger partial charge in [-0.3, -0.25) is 4.98 Å². The van der Waals surface area contributed by atoms with Crippen LogP contribution in [0.25, 0.3) is 27.9 Å². The predicted octanol–water partition coefficient (Wildman–Crippen LogP) is 5.05. The molecule has 0 fully saturated rings. The monoisotopic (exact) mass is 272 g/mol. The fourth-order valence-electron chi connectivity index (χ4n) is 2.29. The average molecular weight is 272 g/mol. The number of hydrogen-bond donors (Lipinski definition) is 1. The Morgan fingerprint density at radius 1 is 0.810 bits per heavy atom. The second-order valence-corrected chi connectivity index (χ2v) is 4.71. The van der Waals surface area contributed by atoms with Crippen LogP contribution < -0.4 is 0 Å². The Morgan fingerprint density at radius 2 is 1.52 bits per heavy atom. The lowest BCUT2D eigenvalue weighted by atomic mass is 10.2. The molecule has 0 saturated carbocycles. The van der Waals surface area contributed by atoms with E-state index in [0.29, 0.717) is 0 Å². The van der Waals surface area contributed by atoms with Crippen LogP contribution in [0.15, 0.2) is 79.6 Å². The van der Waals surface area contributed by atoms with Crippen molar-refractivity contribution in [2.75, 3.05) is 0 Å². The molecule has 0 bridgehead atoms. The number of pyridine rings is 1. The quantitative estimate of drug-likeness (QED) is 0.516. The molecule has 1 N–H and O–H groups in total. The van der Waals surface area contributed by atoms with Crippen molar-refractivity contribution in [2.45, 2.75) is 0 Å². The van der Waals surface area contributed by atoms with Crippen LogP contribution in [0.5, 0.6) is 0 Å². The number of hydrogen-bond acceptors (Lipinski definition) is 1. The van der Waals surface area contributed by atoms with Gasteiger partial charge in [-0.15, -0.1) is 0 Å². The topological polar surface area (TPSA) is 28.7 Å². The van der Waals surface area contributed by atoms with Gasteiger partial charge in [0.1, 0.15) is 0 Å². The number of benzene rings is 2. The van der Waals surface area contributed by atoms with Crippen molar-refractivity contribution in [3.05, 3.63) is 85.2 Å². The van der Waals surface area contributed by atoms with Gasteiger partial charge in [0.2, 0.25) is 0 Å². The summed E-state index contributed by atoms with van der Waals surface area (Å²) in [5.74, 6) is 0. The third kappa shape index (κ3) is 2.84. The Balaban J connectivity index is 0.000000143. The van der Waals surface area contributed by atoms with Crippen molar-refractivity contribution in [3.63, 3.8) is 0 Å². The molecule has 4 aromatic rings. The van der Waals surface area contributed by atoms with Gasteiger partial charge in [-0.25, -0.2) is 0 Å². The van der Waals surface area contributed by atoms with E-state index >= 15 is 0 Å². The van der Waals surface area contributed by atoms with Crippen molar-refractivity contribution >= 4 is 27.9 Å². The van der Waals surface area contributed by atoms with Gasteiger partial charge >= 0.3 is 0 Å². The Morgan fingerprint density at radius 3 is 2.29 bits per heavy atom. The molecule has 2 nitrogen and oxygen atoms in total. The zero-order valence-corrected chi connectivity index (χ0v) is 11.7. The summed E-state index contributed by atoms with van der Waals surface area (Å²) in [6, 6.07) is 20.3. The molecule has 0 amide bonds. The minimum absolute atomic E-state index is 1.10. The van der Waals surface area contributed by atoms with Crippen molar-refractivity contribution in [2.24, 2.45) is 0 Å². The van der Waals surface area contributed by atoms with E-state index in [4.69, 9.17) is 0 Å². The molecule has 102 valence electrons. The lowest BCUT2D eigenvalue weighted by Crippen LogP contribution is -1.68. The van der Waals surface area contributed by atoms with Crippen LogP contribution in [0.3, 0.4) is 0 Å². The highest BCUT2D eigenvalue weighted by Crippen LogP contribution is 2.23. The summed E-state index contributed by atoms with van der Waals surface area (Å²) < 4.78 is 0. The van der Waals surface area contributed by atoms with Crippen LogP contribution in [0.1, 0.15) is 5.56 Å². The zero-order chi connectivity index (χ0) is 14.5. The number of nitrogens with zero attached hydrogens (tertiary/aromatic N) is 1. The predicted molar refractivity (Wildman–Crippen MR) is 90.1 cm³/mol. The van der Waals surface area contributed by atoms with Gasteiger partial charge in [0.25, 0.3) is 0 Å². The van der Waals surface area contributed by atoms with E-state index in [1.54, 1.807) is 0 Å². The lowest BCUT2D eigenvalue weighted by molar-refractivity contribution is 1.35. The van der Waals surface area contributed by atoms with E-state index in [9.17, 15) is 0 Å². The van der Waals surface area contributed by atoms with Gasteiger partial charge in [0.05, 0.1) is 11.7 Å². The van der Waals surface area contributed by atoms with Crippen molar-refractivity contribution in [3.8, 4) is 0 Å². The maximum Gasteiger partial charge on any atom is 0.0651 e. The standard InChI is InChI=1S/C11H8N2.C8H8/c1-2-4-10-8(3-1)9-5-6-12-7-11(9)13-10;1-2-8-6-4-3-5-7-8/h1-7,13H;2-7H,1H2. The molecule has 0 radical (unpaired) electrons. The molecule has 0 aliphatic carbocycles.